The van der Waals surface area contributed by atoms with Crippen molar-refractivity contribution in [2.24, 2.45) is 0 Å². The van der Waals surface area contributed by atoms with Crippen molar-refractivity contribution in [2.45, 2.75) is 59.5 Å². The molecule has 0 unspecified atom stereocenters. The van der Waals surface area contributed by atoms with Gasteiger partial charge in [-0.1, -0.05) is 26.0 Å². The Balaban J connectivity index is 2.07. The van der Waals surface area contributed by atoms with Crippen LogP contribution in [0.5, 0.6) is 0 Å². The summed E-state index contributed by atoms with van der Waals surface area (Å²) in [6.45, 7) is 11.4. The molecule has 2 rings (SSSR count). The van der Waals surface area contributed by atoms with Gasteiger partial charge in [-0.15, -0.1) is 0 Å². The number of carbonyl (C=O) groups excluding carboxylic acids is 1. The number of aromatic nitrogens is 2. The molecule has 2 aromatic heterocycles. The van der Waals surface area contributed by atoms with Crippen molar-refractivity contribution in [3.05, 3.63) is 58.7 Å². The molecule has 0 aliphatic carbocycles. The van der Waals surface area contributed by atoms with Gasteiger partial charge in [0, 0.05) is 32.0 Å². The lowest BCUT2D eigenvalue weighted by molar-refractivity contribution is 0.161. The summed E-state index contributed by atoms with van der Waals surface area (Å²) in [7, 11) is 0. The number of nitrogens with zero attached hydrogens (tertiary/aromatic N) is 3. The average molecular weight is 400 g/mol. The highest BCUT2D eigenvalue weighted by Crippen LogP contribution is 2.20. The monoisotopic (exact) mass is 399 g/mol. The fraction of sp³-hybridized carbons (Fsp3) is 0.500. The van der Waals surface area contributed by atoms with Crippen LogP contribution in [-0.2, 0) is 13.1 Å². The number of urea groups is 1. The van der Waals surface area contributed by atoms with E-state index in [1.54, 1.807) is 5.48 Å². The summed E-state index contributed by atoms with van der Waals surface area (Å²) in [5.74, 6) is 0.418. The van der Waals surface area contributed by atoms with Gasteiger partial charge >= 0.3 is 6.03 Å². The van der Waals surface area contributed by atoms with Crippen LogP contribution in [-0.4, -0.2) is 39.2 Å². The van der Waals surface area contributed by atoms with Crippen LogP contribution in [0.3, 0.4) is 0 Å². The molecule has 0 atom stereocenters. The van der Waals surface area contributed by atoms with Crippen LogP contribution in [0.25, 0.3) is 0 Å². The van der Waals surface area contributed by atoms with E-state index < -0.39 is 6.03 Å². The van der Waals surface area contributed by atoms with E-state index in [1.807, 2.05) is 18.5 Å². The summed E-state index contributed by atoms with van der Waals surface area (Å²) in [5, 5.41) is 11.1. The van der Waals surface area contributed by atoms with Crippen molar-refractivity contribution in [3.8, 4) is 0 Å². The quantitative estimate of drug-likeness (QED) is 0.322. The smallest absolute Gasteiger partial charge is 0.336 e. The third kappa shape index (κ3) is 7.44. The number of hydroxylamine groups is 1. The zero-order valence-electron chi connectivity index (χ0n) is 17.9. The number of aryl methyl sites for hydroxylation is 2. The van der Waals surface area contributed by atoms with Crippen molar-refractivity contribution >= 4 is 6.03 Å². The number of hydrogen-bond donors (Lipinski definition) is 3. The lowest BCUT2D eigenvalue weighted by Gasteiger charge is -2.24. The highest BCUT2D eigenvalue weighted by atomic mass is 16.5. The SMILES string of the molecule is Cc1cnc(CN(CCCCNC(=O)NO)Cc2ncccc2C(C)C)c(C)c1. The van der Waals surface area contributed by atoms with E-state index in [2.05, 4.69) is 60.0 Å². The maximum absolute atomic E-state index is 11.1. The second-order valence-corrected chi connectivity index (χ2v) is 7.76. The first-order valence-electron chi connectivity index (χ1n) is 10.2. The fourth-order valence-corrected chi connectivity index (χ4v) is 3.36. The van der Waals surface area contributed by atoms with Crippen molar-refractivity contribution in [1.29, 1.82) is 0 Å². The summed E-state index contributed by atoms with van der Waals surface area (Å²) >= 11 is 0. The highest BCUT2D eigenvalue weighted by molar-refractivity contribution is 5.72. The molecule has 0 aliphatic heterocycles. The minimum Gasteiger partial charge on any atom is -0.336 e. The average Bonchev–Trinajstić information content (AvgIpc) is 2.69. The minimum atomic E-state index is -0.573. The molecule has 2 heterocycles. The second-order valence-electron chi connectivity index (χ2n) is 7.76. The maximum Gasteiger partial charge on any atom is 0.338 e. The van der Waals surface area contributed by atoms with Gasteiger partial charge in [-0.05, 0) is 61.9 Å². The van der Waals surface area contributed by atoms with Crippen LogP contribution in [0.2, 0.25) is 0 Å². The summed E-state index contributed by atoms with van der Waals surface area (Å²) in [6, 6.07) is 5.74. The Morgan fingerprint density at radius 1 is 1.17 bits per heavy atom. The zero-order valence-corrected chi connectivity index (χ0v) is 17.9. The molecule has 0 radical (unpaired) electrons. The third-order valence-electron chi connectivity index (χ3n) is 4.91. The van der Waals surface area contributed by atoms with Gasteiger partial charge in [-0.25, -0.2) is 10.3 Å². The number of rotatable bonds is 10. The molecule has 29 heavy (non-hydrogen) atoms. The third-order valence-corrected chi connectivity index (χ3v) is 4.91. The molecule has 0 saturated carbocycles. The minimum absolute atomic E-state index is 0.418. The van der Waals surface area contributed by atoms with Gasteiger partial charge in [0.1, 0.15) is 0 Å². The van der Waals surface area contributed by atoms with E-state index in [0.29, 0.717) is 12.5 Å². The first-order valence-corrected chi connectivity index (χ1v) is 10.2. The molecule has 3 N–H and O–H groups in total. The first kappa shape index (κ1) is 22.8. The molecule has 0 saturated heterocycles. The number of nitrogens with one attached hydrogen (secondary N) is 2. The Hall–Kier alpha value is -2.51. The summed E-state index contributed by atoms with van der Waals surface area (Å²) in [6.07, 6.45) is 5.51. The maximum atomic E-state index is 11.1. The number of hydrogen-bond acceptors (Lipinski definition) is 5. The van der Waals surface area contributed by atoms with Gasteiger partial charge in [-0.2, -0.15) is 0 Å². The molecule has 2 amide bonds. The van der Waals surface area contributed by atoms with Crippen LogP contribution < -0.4 is 10.8 Å². The van der Waals surface area contributed by atoms with Crippen molar-refractivity contribution in [1.82, 2.24) is 25.7 Å². The van der Waals surface area contributed by atoms with E-state index in [-0.39, 0.29) is 0 Å². The molecular weight excluding hydrogens is 366 g/mol. The summed E-state index contributed by atoms with van der Waals surface area (Å²) in [5.41, 5.74) is 7.39. The van der Waals surface area contributed by atoms with Crippen LogP contribution in [0.15, 0.2) is 30.6 Å². The Bertz CT molecular complexity index is 795. The standard InChI is InChI=1S/C22H33N5O2/c1-16(2)19-8-7-10-23-21(19)15-27(11-6-5-9-24-22(28)26-29)14-20-18(4)12-17(3)13-25-20/h7-8,10,12-13,16,29H,5-6,9,11,14-15H2,1-4H3,(H2,24,26,28). The first-order chi connectivity index (χ1) is 13.9. The highest BCUT2D eigenvalue weighted by Gasteiger charge is 2.14. The van der Waals surface area contributed by atoms with E-state index in [4.69, 9.17) is 5.21 Å². The molecule has 0 fully saturated rings. The Morgan fingerprint density at radius 2 is 1.93 bits per heavy atom. The number of unbranched alkanes of at least 4 members (excludes halogenated alkanes) is 1. The Labute approximate surface area is 173 Å². The number of carbonyl (C=O) groups is 1. The predicted molar refractivity (Wildman–Crippen MR) is 114 cm³/mol. The molecule has 0 bridgehead atoms. The zero-order chi connectivity index (χ0) is 21.2. The van der Waals surface area contributed by atoms with E-state index in [0.717, 1.165) is 49.4 Å². The van der Waals surface area contributed by atoms with Gasteiger partial charge in [-0.3, -0.25) is 20.1 Å². The normalized spacial score (nSPS) is 11.1. The number of pyridine rings is 2. The van der Waals surface area contributed by atoms with Gasteiger partial charge < -0.3 is 5.32 Å². The van der Waals surface area contributed by atoms with Crippen LogP contribution in [0.4, 0.5) is 4.79 Å². The van der Waals surface area contributed by atoms with Crippen molar-refractivity contribution in [2.75, 3.05) is 13.1 Å². The van der Waals surface area contributed by atoms with Gasteiger partial charge in [0.25, 0.3) is 0 Å². The lowest BCUT2D eigenvalue weighted by Crippen LogP contribution is -2.34. The molecular formula is C22H33N5O2. The molecule has 7 nitrogen and oxygen atoms in total. The molecule has 7 heteroatoms. The van der Waals surface area contributed by atoms with Crippen molar-refractivity contribution < 1.29 is 10.0 Å². The van der Waals surface area contributed by atoms with Gasteiger partial charge in [0.15, 0.2) is 0 Å². The molecule has 158 valence electrons. The van der Waals surface area contributed by atoms with Crippen LogP contribution in [0.1, 0.15) is 60.7 Å². The Morgan fingerprint density at radius 3 is 2.62 bits per heavy atom. The van der Waals surface area contributed by atoms with E-state index in [9.17, 15) is 4.79 Å². The summed E-state index contributed by atoms with van der Waals surface area (Å²) in [4.78, 5) is 22.7. The fourth-order valence-electron chi connectivity index (χ4n) is 3.36. The number of amides is 2. The molecule has 0 spiro atoms. The van der Waals surface area contributed by atoms with E-state index >= 15 is 0 Å². The summed E-state index contributed by atoms with van der Waals surface area (Å²) < 4.78 is 0. The van der Waals surface area contributed by atoms with Gasteiger partial charge in [0.05, 0.1) is 11.4 Å². The lowest BCUT2D eigenvalue weighted by atomic mass is 10.0. The van der Waals surface area contributed by atoms with E-state index in [1.165, 1.54) is 11.1 Å². The molecule has 0 aliphatic rings. The molecule has 2 aromatic rings. The van der Waals surface area contributed by atoms with Crippen LogP contribution >= 0.6 is 0 Å². The Kier molecular flexibility index (Phi) is 9.02. The van der Waals surface area contributed by atoms with Crippen LogP contribution in [0, 0.1) is 13.8 Å². The van der Waals surface area contributed by atoms with Gasteiger partial charge in [0.2, 0.25) is 0 Å². The topological polar surface area (TPSA) is 90.4 Å². The largest absolute Gasteiger partial charge is 0.338 e. The predicted octanol–water partition coefficient (Wildman–Crippen LogP) is 3.69. The second kappa shape index (κ2) is 11.5. The molecule has 0 aromatic carbocycles. The van der Waals surface area contributed by atoms with Crippen molar-refractivity contribution in [3.63, 3.8) is 0 Å².